The summed E-state index contributed by atoms with van der Waals surface area (Å²) in [5, 5.41) is 2.86. The van der Waals surface area contributed by atoms with E-state index in [9.17, 15) is 13.2 Å². The topological polar surface area (TPSA) is 91.9 Å². The molecule has 1 aromatic heterocycles. The normalized spacial score (nSPS) is 17.6. The standard InChI is InChI=1S/C16H19N3O3S/c1-10-17-14-8-3-11(9-15(14)18-10)16(20)19-12-4-6-13(7-5-12)23(2,21)22/h4-7,11H,3,8-9H2,1-2H3,(H,17,18)(H,19,20). The van der Waals surface area contributed by atoms with Gasteiger partial charge in [0.05, 0.1) is 10.6 Å². The minimum Gasteiger partial charge on any atom is -0.346 e. The monoisotopic (exact) mass is 333 g/mol. The quantitative estimate of drug-likeness (QED) is 0.897. The number of aromatic nitrogens is 2. The molecule has 0 radical (unpaired) electrons. The molecule has 1 amide bonds. The maximum Gasteiger partial charge on any atom is 0.227 e. The molecule has 1 unspecified atom stereocenters. The van der Waals surface area contributed by atoms with Gasteiger partial charge in [-0.2, -0.15) is 0 Å². The number of fused-ring (bicyclic) bond motifs is 1. The summed E-state index contributed by atoms with van der Waals surface area (Å²) in [6.07, 6.45) is 3.38. The Balaban J connectivity index is 1.68. The summed E-state index contributed by atoms with van der Waals surface area (Å²) in [4.78, 5) is 20.3. The van der Waals surface area contributed by atoms with Gasteiger partial charge in [0.15, 0.2) is 9.84 Å². The molecule has 3 rings (SSSR count). The Labute approximate surface area is 135 Å². The molecule has 2 N–H and O–H groups in total. The maximum atomic E-state index is 12.4. The van der Waals surface area contributed by atoms with Crippen LogP contribution >= 0.6 is 0 Å². The molecule has 1 heterocycles. The number of aryl methyl sites for hydroxylation is 2. The largest absolute Gasteiger partial charge is 0.346 e. The van der Waals surface area contributed by atoms with E-state index in [1.165, 1.54) is 12.1 Å². The fraction of sp³-hybridized carbons (Fsp3) is 0.375. The van der Waals surface area contributed by atoms with Crippen LogP contribution in [0.15, 0.2) is 29.2 Å². The molecule has 0 fully saturated rings. The number of nitrogens with one attached hydrogen (secondary N) is 2. The Morgan fingerprint density at radius 3 is 2.65 bits per heavy atom. The molecule has 0 saturated carbocycles. The van der Waals surface area contributed by atoms with Crippen LogP contribution in [-0.4, -0.2) is 30.5 Å². The molecule has 1 aromatic carbocycles. The molecule has 0 aliphatic heterocycles. The summed E-state index contributed by atoms with van der Waals surface area (Å²) in [6.45, 7) is 1.91. The van der Waals surface area contributed by atoms with Crippen LogP contribution in [0.25, 0.3) is 0 Å². The number of amides is 1. The SMILES string of the molecule is Cc1nc2c([nH]1)CC(C(=O)Nc1ccc(S(C)(=O)=O)cc1)CC2. The van der Waals surface area contributed by atoms with Crippen LogP contribution in [-0.2, 0) is 27.5 Å². The van der Waals surface area contributed by atoms with Crippen molar-refractivity contribution in [1.29, 1.82) is 0 Å². The summed E-state index contributed by atoms with van der Waals surface area (Å²) >= 11 is 0. The van der Waals surface area contributed by atoms with Crippen molar-refractivity contribution >= 4 is 21.4 Å². The fourth-order valence-corrected chi connectivity index (χ4v) is 3.51. The summed E-state index contributed by atoms with van der Waals surface area (Å²) in [7, 11) is -3.22. The van der Waals surface area contributed by atoms with Gasteiger partial charge >= 0.3 is 0 Å². The summed E-state index contributed by atoms with van der Waals surface area (Å²) < 4.78 is 22.9. The first kappa shape index (κ1) is 15.7. The van der Waals surface area contributed by atoms with Crippen molar-refractivity contribution in [3.8, 4) is 0 Å². The van der Waals surface area contributed by atoms with E-state index in [0.717, 1.165) is 36.3 Å². The van der Waals surface area contributed by atoms with Gasteiger partial charge < -0.3 is 10.3 Å². The first-order valence-corrected chi connectivity index (χ1v) is 9.37. The second-order valence-electron chi connectivity index (χ2n) is 5.97. The van der Waals surface area contributed by atoms with Crippen molar-refractivity contribution in [3.05, 3.63) is 41.5 Å². The Hall–Kier alpha value is -2.15. The molecular formula is C16H19N3O3S. The number of imidazole rings is 1. The number of hydrogen-bond donors (Lipinski definition) is 2. The van der Waals surface area contributed by atoms with Crippen LogP contribution in [0.2, 0.25) is 0 Å². The smallest absolute Gasteiger partial charge is 0.227 e. The minimum absolute atomic E-state index is 0.0463. The predicted molar refractivity (Wildman–Crippen MR) is 87.0 cm³/mol. The van der Waals surface area contributed by atoms with Gasteiger partial charge in [-0.15, -0.1) is 0 Å². The molecule has 6 nitrogen and oxygen atoms in total. The van der Waals surface area contributed by atoms with Gasteiger partial charge in [0, 0.05) is 30.0 Å². The van der Waals surface area contributed by atoms with Gasteiger partial charge in [-0.25, -0.2) is 13.4 Å². The zero-order valence-electron chi connectivity index (χ0n) is 13.1. The van der Waals surface area contributed by atoms with Crippen molar-refractivity contribution < 1.29 is 13.2 Å². The molecule has 0 bridgehead atoms. The van der Waals surface area contributed by atoms with Crippen molar-refractivity contribution in [2.45, 2.75) is 31.1 Å². The maximum absolute atomic E-state index is 12.4. The summed E-state index contributed by atoms with van der Waals surface area (Å²) in [5.41, 5.74) is 2.71. The lowest BCUT2D eigenvalue weighted by atomic mass is 9.89. The first-order chi connectivity index (χ1) is 10.8. The van der Waals surface area contributed by atoms with Gasteiger partial charge in [-0.1, -0.05) is 0 Å². The van der Waals surface area contributed by atoms with E-state index >= 15 is 0 Å². The van der Waals surface area contributed by atoms with E-state index in [2.05, 4.69) is 15.3 Å². The van der Waals surface area contributed by atoms with E-state index in [0.29, 0.717) is 12.1 Å². The lowest BCUT2D eigenvalue weighted by molar-refractivity contribution is -0.120. The number of aromatic amines is 1. The average Bonchev–Trinajstić information content (AvgIpc) is 2.85. The lowest BCUT2D eigenvalue weighted by Crippen LogP contribution is -2.28. The van der Waals surface area contributed by atoms with Crippen LogP contribution < -0.4 is 5.32 Å². The lowest BCUT2D eigenvalue weighted by Gasteiger charge is -2.20. The van der Waals surface area contributed by atoms with Crippen LogP contribution in [0.1, 0.15) is 23.6 Å². The van der Waals surface area contributed by atoms with Crippen molar-refractivity contribution in [1.82, 2.24) is 9.97 Å². The van der Waals surface area contributed by atoms with Gasteiger partial charge in [0.2, 0.25) is 5.91 Å². The summed E-state index contributed by atoms with van der Waals surface area (Å²) in [6, 6.07) is 6.23. The van der Waals surface area contributed by atoms with E-state index in [1.54, 1.807) is 12.1 Å². The van der Waals surface area contributed by atoms with Gasteiger partial charge in [0.1, 0.15) is 5.82 Å². The van der Waals surface area contributed by atoms with Crippen molar-refractivity contribution in [3.63, 3.8) is 0 Å². The highest BCUT2D eigenvalue weighted by atomic mass is 32.2. The molecule has 1 aliphatic rings. The highest BCUT2D eigenvalue weighted by Crippen LogP contribution is 2.25. The van der Waals surface area contributed by atoms with Crippen molar-refractivity contribution in [2.75, 3.05) is 11.6 Å². The van der Waals surface area contributed by atoms with Gasteiger partial charge in [-0.3, -0.25) is 4.79 Å². The zero-order chi connectivity index (χ0) is 16.6. The molecule has 0 saturated heterocycles. The highest BCUT2D eigenvalue weighted by Gasteiger charge is 2.26. The third-order valence-electron chi connectivity index (χ3n) is 4.08. The molecule has 1 aliphatic carbocycles. The number of sulfone groups is 1. The average molecular weight is 333 g/mol. The number of carbonyl (C=O) groups excluding carboxylic acids is 1. The first-order valence-electron chi connectivity index (χ1n) is 7.48. The number of hydrogen-bond acceptors (Lipinski definition) is 4. The van der Waals surface area contributed by atoms with E-state index in [1.807, 2.05) is 6.92 Å². The molecule has 1 atom stereocenters. The van der Waals surface area contributed by atoms with E-state index in [-0.39, 0.29) is 16.7 Å². The predicted octanol–water partition coefficient (Wildman–Crippen LogP) is 1.87. The van der Waals surface area contributed by atoms with E-state index < -0.39 is 9.84 Å². The molecular weight excluding hydrogens is 314 g/mol. The Morgan fingerprint density at radius 1 is 1.30 bits per heavy atom. The summed E-state index contributed by atoms with van der Waals surface area (Å²) in [5.74, 6) is 0.736. The van der Waals surface area contributed by atoms with Crippen molar-refractivity contribution in [2.24, 2.45) is 5.92 Å². The third-order valence-corrected chi connectivity index (χ3v) is 5.21. The Kier molecular flexibility index (Phi) is 3.97. The molecule has 0 spiro atoms. The number of H-pyrrole nitrogens is 1. The van der Waals surface area contributed by atoms with E-state index in [4.69, 9.17) is 0 Å². The molecule has 7 heteroatoms. The van der Waals surface area contributed by atoms with Gasteiger partial charge in [-0.05, 0) is 44.0 Å². The zero-order valence-corrected chi connectivity index (χ0v) is 13.9. The minimum atomic E-state index is -3.22. The van der Waals surface area contributed by atoms with Crippen LogP contribution in [0.5, 0.6) is 0 Å². The number of benzene rings is 1. The molecule has 2 aromatic rings. The third kappa shape index (κ3) is 3.44. The van der Waals surface area contributed by atoms with Crippen LogP contribution in [0.4, 0.5) is 5.69 Å². The highest BCUT2D eigenvalue weighted by molar-refractivity contribution is 7.90. The van der Waals surface area contributed by atoms with Gasteiger partial charge in [0.25, 0.3) is 0 Å². The number of rotatable bonds is 3. The Morgan fingerprint density at radius 2 is 2.00 bits per heavy atom. The molecule has 122 valence electrons. The molecule has 23 heavy (non-hydrogen) atoms. The number of carbonyl (C=O) groups is 1. The number of anilines is 1. The van der Waals surface area contributed by atoms with Crippen LogP contribution in [0.3, 0.4) is 0 Å². The Bertz CT molecular complexity index is 838. The fourth-order valence-electron chi connectivity index (χ4n) is 2.88. The second-order valence-corrected chi connectivity index (χ2v) is 7.99. The van der Waals surface area contributed by atoms with Crippen LogP contribution in [0, 0.1) is 12.8 Å². The second kappa shape index (κ2) is 5.81. The number of nitrogens with zero attached hydrogens (tertiary/aromatic N) is 1.